The minimum atomic E-state index is 0.346. The zero-order chi connectivity index (χ0) is 42.3. The van der Waals surface area contributed by atoms with E-state index in [9.17, 15) is 0 Å². The maximum absolute atomic E-state index is 5.54. The van der Waals surface area contributed by atoms with Gasteiger partial charge in [0.2, 0.25) is 0 Å². The van der Waals surface area contributed by atoms with E-state index >= 15 is 0 Å². The van der Waals surface area contributed by atoms with Crippen LogP contribution in [-0.4, -0.2) is 16.1 Å². The third-order valence-corrected chi connectivity index (χ3v) is 13.5. The maximum Gasteiger partial charge on any atom is 0.160 e. The second kappa shape index (κ2) is 16.5. The third kappa shape index (κ3) is 6.58. The summed E-state index contributed by atoms with van der Waals surface area (Å²) in [5, 5.41) is 12.7. The Kier molecular flexibility index (Phi) is 10.5. The van der Waals surface area contributed by atoms with Gasteiger partial charge in [-0.3, -0.25) is 0 Å². The van der Waals surface area contributed by atoms with Gasteiger partial charge in [0.1, 0.15) is 0 Å². The number of rotatable bonds is 7. The summed E-state index contributed by atoms with van der Waals surface area (Å²) in [7, 11) is 0. The molecule has 0 radical (unpaired) electrons. The van der Waals surface area contributed by atoms with Crippen LogP contribution in [0.1, 0.15) is 58.6 Å². The predicted molar refractivity (Wildman–Crippen MR) is 273 cm³/mol. The zero-order valence-corrected chi connectivity index (χ0v) is 36.8. The number of hydrogen-bond donors (Lipinski definition) is 0. The normalized spacial score (nSPS) is 14.4. The van der Waals surface area contributed by atoms with Gasteiger partial charge in [-0.05, 0) is 82.3 Å². The number of thiophene rings is 1. The van der Waals surface area contributed by atoms with Crippen LogP contribution in [0.2, 0.25) is 0 Å². The first kappa shape index (κ1) is 39.3. The van der Waals surface area contributed by atoms with Gasteiger partial charge in [-0.25, -0.2) is 9.98 Å². The number of hydrogen-bond acceptors (Lipinski definition) is 2. The highest BCUT2D eigenvalue weighted by atomic mass is 32.1. The summed E-state index contributed by atoms with van der Waals surface area (Å²) in [4.78, 5) is 11.0. The Bertz CT molecular complexity index is 3510. The lowest BCUT2D eigenvalue weighted by Crippen LogP contribution is -2.07. The molecule has 8 aromatic carbocycles. The molecule has 2 heterocycles. The van der Waals surface area contributed by atoms with Gasteiger partial charge in [-0.1, -0.05) is 180 Å². The van der Waals surface area contributed by atoms with E-state index in [1.54, 1.807) is 0 Å². The highest BCUT2D eigenvalue weighted by Gasteiger charge is 2.23. The number of amidine groups is 1. The fourth-order valence-corrected chi connectivity index (χ4v) is 10.5. The third-order valence-electron chi connectivity index (χ3n) is 12.4. The molecule has 0 aliphatic heterocycles. The Morgan fingerprint density at radius 2 is 1.29 bits per heavy atom. The van der Waals surface area contributed by atoms with Gasteiger partial charge >= 0.3 is 0 Å². The smallest absolute Gasteiger partial charge is 0.160 e. The van der Waals surface area contributed by atoms with Gasteiger partial charge < -0.3 is 4.57 Å². The molecule has 1 aliphatic carbocycles. The highest BCUT2D eigenvalue weighted by molar-refractivity contribution is 7.26. The number of aliphatic imine (C=N–C) groups is 2. The number of para-hydroxylation sites is 1. The Balaban J connectivity index is 0.00000226. The molecule has 1 aliphatic rings. The summed E-state index contributed by atoms with van der Waals surface area (Å²) in [5.41, 5.74) is 8.71. The first-order valence-corrected chi connectivity index (χ1v) is 22.9. The van der Waals surface area contributed by atoms with Crippen LogP contribution in [0, 0.1) is 5.92 Å². The fourth-order valence-electron chi connectivity index (χ4n) is 9.31. The van der Waals surface area contributed by atoms with Crippen molar-refractivity contribution in [3.8, 4) is 5.69 Å². The van der Waals surface area contributed by atoms with Crippen molar-refractivity contribution < 1.29 is 0 Å². The standard InChI is InChI=1S/C56H43N3S.C2H6/c1-4-35(2)34-47(38-20-10-7-11-21-38)58-56(57-36(3)37-18-8-5-6-9-19-37)45-32-33-49(40-23-13-12-22-39(40)45)59-48-27-15-14-24-41(48)44-31-30-43-42-25-16-28-50-53(42)54-46(52(43)55(44)59)26-17-29-51(54)60-50;1-2/h5-18,20-35H,4,19H2,1-3H3;1-2H3/b47-34+,57-36?,58-56?;. The molecular formula is C58H49N3S. The van der Waals surface area contributed by atoms with Gasteiger partial charge in [0.15, 0.2) is 5.84 Å². The van der Waals surface area contributed by atoms with Crippen LogP contribution < -0.4 is 0 Å². The predicted octanol–water partition coefficient (Wildman–Crippen LogP) is 16.8. The van der Waals surface area contributed by atoms with Crippen molar-refractivity contribution in [3.05, 3.63) is 193 Å². The minimum absolute atomic E-state index is 0.346. The van der Waals surface area contributed by atoms with Gasteiger partial charge in [-0.2, -0.15) is 0 Å². The van der Waals surface area contributed by atoms with E-state index in [1.165, 1.54) is 69.1 Å². The van der Waals surface area contributed by atoms with Gasteiger partial charge in [0.25, 0.3) is 0 Å². The average molecular weight is 820 g/mol. The molecule has 11 rings (SSSR count). The van der Waals surface area contributed by atoms with E-state index in [-0.39, 0.29) is 0 Å². The van der Waals surface area contributed by atoms with E-state index in [0.29, 0.717) is 11.8 Å². The quantitative estimate of drug-likeness (QED) is 0.0871. The molecule has 10 aromatic rings. The van der Waals surface area contributed by atoms with Crippen molar-refractivity contribution in [1.82, 2.24) is 4.57 Å². The van der Waals surface area contributed by atoms with Crippen molar-refractivity contribution in [2.75, 3.05) is 0 Å². The Hall–Kier alpha value is -6.88. The summed E-state index contributed by atoms with van der Waals surface area (Å²) in [6.45, 7) is 10.6. The molecule has 0 spiro atoms. The zero-order valence-electron chi connectivity index (χ0n) is 36.0. The van der Waals surface area contributed by atoms with Crippen molar-refractivity contribution in [3.63, 3.8) is 0 Å². The largest absolute Gasteiger partial charge is 0.308 e. The van der Waals surface area contributed by atoms with Crippen molar-refractivity contribution in [2.24, 2.45) is 15.9 Å². The molecule has 0 saturated heterocycles. The van der Waals surface area contributed by atoms with E-state index in [0.717, 1.165) is 51.8 Å². The van der Waals surface area contributed by atoms with E-state index in [4.69, 9.17) is 9.98 Å². The van der Waals surface area contributed by atoms with Crippen LogP contribution in [0.15, 0.2) is 192 Å². The van der Waals surface area contributed by atoms with Crippen LogP contribution in [0.5, 0.6) is 0 Å². The Morgan fingerprint density at radius 1 is 0.629 bits per heavy atom. The number of nitrogens with zero attached hydrogens (tertiary/aromatic N) is 3. The van der Waals surface area contributed by atoms with Gasteiger partial charge in [0, 0.05) is 53.0 Å². The van der Waals surface area contributed by atoms with Gasteiger partial charge in [0.05, 0.1) is 22.4 Å². The van der Waals surface area contributed by atoms with Crippen LogP contribution in [-0.2, 0) is 0 Å². The molecule has 0 amide bonds. The molecule has 1 unspecified atom stereocenters. The summed E-state index contributed by atoms with van der Waals surface area (Å²) in [5.74, 6) is 1.05. The monoisotopic (exact) mass is 819 g/mol. The Labute approximate surface area is 367 Å². The number of benzene rings is 8. The van der Waals surface area contributed by atoms with Crippen LogP contribution in [0.25, 0.3) is 85.7 Å². The van der Waals surface area contributed by atoms with Crippen LogP contribution >= 0.6 is 11.3 Å². The molecule has 302 valence electrons. The SMILES string of the molecule is CC.CCC(C)/C=C(/N=C(N=C(C)C1=CC=CC=CC1)c1ccc(-n2c3ccccc3c3ccc4c5cccc6sc7cccc(c7c65)c4c32)c2ccccc12)c1ccccc1. The highest BCUT2D eigenvalue weighted by Crippen LogP contribution is 2.48. The molecular weight excluding hydrogens is 771 g/mol. The summed E-state index contributed by atoms with van der Waals surface area (Å²) < 4.78 is 5.21. The van der Waals surface area contributed by atoms with Gasteiger partial charge in [-0.15, -0.1) is 11.3 Å². The van der Waals surface area contributed by atoms with Crippen LogP contribution in [0.4, 0.5) is 0 Å². The summed E-state index contributed by atoms with van der Waals surface area (Å²) in [6.07, 6.45) is 14.8. The molecule has 0 saturated carbocycles. The molecule has 0 bridgehead atoms. The van der Waals surface area contributed by atoms with Crippen molar-refractivity contribution in [1.29, 1.82) is 0 Å². The van der Waals surface area contributed by atoms with Crippen molar-refractivity contribution in [2.45, 2.75) is 47.5 Å². The first-order chi connectivity index (χ1) is 30.6. The molecule has 0 N–H and O–H groups in total. The van der Waals surface area contributed by atoms with Crippen molar-refractivity contribution >= 4 is 103 Å². The van der Waals surface area contributed by atoms with E-state index in [2.05, 4.69) is 201 Å². The average Bonchev–Trinajstić information content (AvgIpc) is 3.74. The first-order valence-electron chi connectivity index (χ1n) is 22.0. The van der Waals surface area contributed by atoms with Crippen LogP contribution in [0.3, 0.4) is 0 Å². The number of fused-ring (bicyclic) bond motifs is 8. The second-order valence-corrected chi connectivity index (χ2v) is 17.1. The summed E-state index contributed by atoms with van der Waals surface area (Å²) >= 11 is 1.90. The molecule has 1 atom stereocenters. The number of allylic oxidation sites excluding steroid dienone is 7. The lowest BCUT2D eigenvalue weighted by atomic mass is 9.93. The molecule has 2 aromatic heterocycles. The lowest BCUT2D eigenvalue weighted by molar-refractivity contribution is 0.699. The topological polar surface area (TPSA) is 29.6 Å². The number of aromatic nitrogens is 1. The maximum atomic E-state index is 5.54. The molecule has 3 nitrogen and oxygen atoms in total. The summed E-state index contributed by atoms with van der Waals surface area (Å²) in [6, 6.07) is 51.2. The van der Waals surface area contributed by atoms with E-state index < -0.39 is 0 Å². The molecule has 62 heavy (non-hydrogen) atoms. The Morgan fingerprint density at radius 3 is 2.08 bits per heavy atom. The second-order valence-electron chi connectivity index (χ2n) is 16.0. The minimum Gasteiger partial charge on any atom is -0.308 e. The molecule has 4 heteroatoms. The molecule has 0 fully saturated rings. The lowest BCUT2D eigenvalue weighted by Gasteiger charge is -2.17. The van der Waals surface area contributed by atoms with E-state index in [1.807, 2.05) is 25.2 Å². The fraction of sp³-hybridized carbons (Fsp3) is 0.138.